The van der Waals surface area contributed by atoms with Crippen molar-refractivity contribution in [1.82, 2.24) is 9.88 Å². The van der Waals surface area contributed by atoms with E-state index in [1.54, 1.807) is 18.3 Å². The normalized spacial score (nSPS) is 11.6. The van der Waals surface area contributed by atoms with Crippen LogP contribution in [0.25, 0.3) is 6.08 Å². The molecule has 0 radical (unpaired) electrons. The summed E-state index contributed by atoms with van der Waals surface area (Å²) in [5.74, 6) is -1.12. The van der Waals surface area contributed by atoms with Gasteiger partial charge in [-0.05, 0) is 42.3 Å². The molecular formula is C20H20F4N2O2. The Morgan fingerprint density at radius 3 is 2.68 bits per heavy atom. The molecule has 0 saturated carbocycles. The second-order valence-corrected chi connectivity index (χ2v) is 6.04. The van der Waals surface area contributed by atoms with E-state index in [0.29, 0.717) is 24.2 Å². The van der Waals surface area contributed by atoms with Gasteiger partial charge >= 0.3 is 6.18 Å². The highest BCUT2D eigenvalue weighted by molar-refractivity contribution is 5.91. The van der Waals surface area contributed by atoms with E-state index in [1.807, 2.05) is 6.92 Å². The third kappa shape index (κ3) is 7.02. The van der Waals surface area contributed by atoms with E-state index in [4.69, 9.17) is 4.74 Å². The first-order chi connectivity index (χ1) is 13.3. The average molecular weight is 396 g/mol. The van der Waals surface area contributed by atoms with Gasteiger partial charge in [-0.3, -0.25) is 9.78 Å². The quantitative estimate of drug-likeness (QED) is 0.454. The smallest absolute Gasteiger partial charge is 0.406 e. The van der Waals surface area contributed by atoms with Gasteiger partial charge in [0.25, 0.3) is 0 Å². The Morgan fingerprint density at radius 1 is 1.29 bits per heavy atom. The predicted octanol–water partition coefficient (Wildman–Crippen LogP) is 5.22. The zero-order chi connectivity index (χ0) is 20.6. The third-order valence-corrected chi connectivity index (χ3v) is 3.70. The van der Waals surface area contributed by atoms with Gasteiger partial charge in [0, 0.05) is 18.8 Å². The number of hydrogen-bond acceptors (Lipinski definition) is 3. The minimum atomic E-state index is -4.48. The number of rotatable bonds is 8. The van der Waals surface area contributed by atoms with Crippen LogP contribution in [0.1, 0.15) is 25.3 Å². The molecule has 0 unspecified atom stereocenters. The summed E-state index contributed by atoms with van der Waals surface area (Å²) >= 11 is 0. The van der Waals surface area contributed by atoms with Gasteiger partial charge in [0.1, 0.15) is 12.3 Å². The van der Waals surface area contributed by atoms with Crippen LogP contribution in [0.15, 0.2) is 48.8 Å². The van der Waals surface area contributed by atoms with Crippen LogP contribution in [0.5, 0.6) is 11.5 Å². The number of hydrogen-bond donors (Lipinski definition) is 0. The van der Waals surface area contributed by atoms with E-state index in [1.165, 1.54) is 24.4 Å². The number of carbonyl (C=O) groups excluding carboxylic acids is 1. The summed E-state index contributed by atoms with van der Waals surface area (Å²) in [6.07, 6.45) is 1.91. The molecule has 0 atom stereocenters. The molecule has 0 spiro atoms. The van der Waals surface area contributed by atoms with E-state index in [2.05, 4.69) is 4.98 Å². The first kappa shape index (κ1) is 21.4. The van der Waals surface area contributed by atoms with Crippen molar-refractivity contribution in [2.45, 2.75) is 25.9 Å². The molecule has 1 aromatic heterocycles. The van der Waals surface area contributed by atoms with Gasteiger partial charge < -0.3 is 9.64 Å². The van der Waals surface area contributed by atoms with Crippen molar-refractivity contribution < 1.29 is 27.1 Å². The molecule has 2 aromatic rings. The molecule has 0 aliphatic heterocycles. The predicted molar refractivity (Wildman–Crippen MR) is 97.3 cm³/mol. The first-order valence-electron chi connectivity index (χ1n) is 8.69. The molecule has 2 rings (SSSR count). The number of amides is 1. The van der Waals surface area contributed by atoms with Crippen LogP contribution in [0.4, 0.5) is 17.6 Å². The lowest BCUT2D eigenvalue weighted by atomic mass is 10.2. The fourth-order valence-corrected chi connectivity index (χ4v) is 2.34. The van der Waals surface area contributed by atoms with Gasteiger partial charge in [-0.25, -0.2) is 4.39 Å². The van der Waals surface area contributed by atoms with Crippen molar-refractivity contribution in [1.29, 1.82) is 0 Å². The Hall–Kier alpha value is -2.90. The van der Waals surface area contributed by atoms with Crippen molar-refractivity contribution in [2.75, 3.05) is 13.1 Å². The molecule has 0 fully saturated rings. The Bertz CT molecular complexity index is 808. The van der Waals surface area contributed by atoms with Crippen LogP contribution in [0, 0.1) is 5.82 Å². The molecule has 0 saturated heterocycles. The molecule has 28 heavy (non-hydrogen) atoms. The van der Waals surface area contributed by atoms with Gasteiger partial charge in [0.2, 0.25) is 5.91 Å². The number of alkyl halides is 3. The minimum Gasteiger partial charge on any atom is -0.453 e. The summed E-state index contributed by atoms with van der Waals surface area (Å²) in [6.45, 7) is 0.512. The van der Waals surface area contributed by atoms with Gasteiger partial charge in [0.05, 0.1) is 6.20 Å². The number of aromatic nitrogens is 1. The summed E-state index contributed by atoms with van der Waals surface area (Å²) in [7, 11) is 0. The minimum absolute atomic E-state index is 0.00539. The molecule has 1 amide bonds. The molecule has 1 aromatic carbocycles. The standard InChI is InChI=1S/C20H20F4N2O2/c1-2-3-11-26(14-20(22,23)24)19(27)9-7-15-6-8-18(17(21)12-15)28-16-5-4-10-25-13-16/h4-10,12-13H,2-3,11,14H2,1H3/b9-7+. The molecule has 4 nitrogen and oxygen atoms in total. The lowest BCUT2D eigenvalue weighted by Crippen LogP contribution is -2.38. The van der Waals surface area contributed by atoms with Gasteiger partial charge in [-0.1, -0.05) is 19.4 Å². The van der Waals surface area contributed by atoms with Crippen LogP contribution in [-0.4, -0.2) is 35.1 Å². The number of carbonyl (C=O) groups is 1. The summed E-state index contributed by atoms with van der Waals surface area (Å²) < 4.78 is 57.5. The number of unbranched alkanes of at least 4 members (excludes halogenated alkanes) is 1. The van der Waals surface area contributed by atoms with E-state index >= 15 is 0 Å². The highest BCUT2D eigenvalue weighted by atomic mass is 19.4. The van der Waals surface area contributed by atoms with Crippen molar-refractivity contribution in [3.8, 4) is 11.5 Å². The number of nitrogens with zero attached hydrogens (tertiary/aromatic N) is 2. The van der Waals surface area contributed by atoms with E-state index in [-0.39, 0.29) is 12.3 Å². The second-order valence-electron chi connectivity index (χ2n) is 6.04. The molecular weight excluding hydrogens is 376 g/mol. The summed E-state index contributed by atoms with van der Waals surface area (Å²) in [6, 6.07) is 7.26. The van der Waals surface area contributed by atoms with E-state index in [9.17, 15) is 22.4 Å². The van der Waals surface area contributed by atoms with Gasteiger partial charge in [0.15, 0.2) is 11.6 Å². The maximum Gasteiger partial charge on any atom is 0.406 e. The lowest BCUT2D eigenvalue weighted by Gasteiger charge is -2.22. The topological polar surface area (TPSA) is 42.4 Å². The number of halogens is 4. The Balaban J connectivity index is 2.07. The monoisotopic (exact) mass is 396 g/mol. The molecule has 150 valence electrons. The van der Waals surface area contributed by atoms with Gasteiger partial charge in [-0.2, -0.15) is 13.2 Å². The van der Waals surface area contributed by atoms with Crippen molar-refractivity contribution in [3.05, 3.63) is 60.2 Å². The Kier molecular flexibility index (Phi) is 7.54. The molecule has 8 heteroatoms. The van der Waals surface area contributed by atoms with Crippen molar-refractivity contribution >= 4 is 12.0 Å². The number of benzene rings is 1. The van der Waals surface area contributed by atoms with E-state index in [0.717, 1.165) is 17.0 Å². The average Bonchev–Trinajstić information content (AvgIpc) is 2.65. The maximum absolute atomic E-state index is 14.2. The van der Waals surface area contributed by atoms with Crippen LogP contribution in [-0.2, 0) is 4.79 Å². The molecule has 0 N–H and O–H groups in total. The summed E-state index contributed by atoms with van der Waals surface area (Å²) in [5, 5.41) is 0. The SMILES string of the molecule is CCCCN(CC(F)(F)F)C(=O)/C=C/c1ccc(Oc2cccnc2)c(F)c1. The van der Waals surface area contributed by atoms with Crippen molar-refractivity contribution in [3.63, 3.8) is 0 Å². The number of ether oxygens (including phenoxy) is 1. The van der Waals surface area contributed by atoms with E-state index < -0.39 is 24.4 Å². The van der Waals surface area contributed by atoms with Crippen LogP contribution < -0.4 is 4.74 Å². The van der Waals surface area contributed by atoms with Gasteiger partial charge in [-0.15, -0.1) is 0 Å². The fourth-order valence-electron chi connectivity index (χ4n) is 2.34. The van der Waals surface area contributed by atoms with Crippen LogP contribution >= 0.6 is 0 Å². The molecule has 1 heterocycles. The summed E-state index contributed by atoms with van der Waals surface area (Å²) in [4.78, 5) is 16.7. The highest BCUT2D eigenvalue weighted by Gasteiger charge is 2.32. The fraction of sp³-hybridized carbons (Fsp3) is 0.300. The summed E-state index contributed by atoms with van der Waals surface area (Å²) in [5.41, 5.74) is 0.326. The Labute approximate surface area is 160 Å². The largest absolute Gasteiger partial charge is 0.453 e. The first-order valence-corrected chi connectivity index (χ1v) is 8.69. The third-order valence-electron chi connectivity index (χ3n) is 3.70. The lowest BCUT2D eigenvalue weighted by molar-refractivity contribution is -0.158. The van der Waals surface area contributed by atoms with Crippen molar-refractivity contribution in [2.24, 2.45) is 0 Å². The molecule has 0 aliphatic rings. The molecule has 0 aliphatic carbocycles. The number of pyridine rings is 1. The second kappa shape index (κ2) is 9.87. The zero-order valence-corrected chi connectivity index (χ0v) is 15.2. The molecule has 0 bridgehead atoms. The van der Waals surface area contributed by atoms with Crippen LogP contribution in [0.3, 0.4) is 0 Å². The maximum atomic E-state index is 14.2. The Morgan fingerprint density at radius 2 is 2.07 bits per heavy atom. The zero-order valence-electron chi connectivity index (χ0n) is 15.2. The van der Waals surface area contributed by atoms with Crippen LogP contribution in [0.2, 0.25) is 0 Å². The highest BCUT2D eigenvalue weighted by Crippen LogP contribution is 2.25.